The predicted octanol–water partition coefficient (Wildman–Crippen LogP) is 5.12. The van der Waals surface area contributed by atoms with Gasteiger partial charge in [-0.2, -0.15) is 13.2 Å². The second-order valence-electron chi connectivity index (χ2n) is 6.38. The van der Waals surface area contributed by atoms with Gasteiger partial charge in [-0.05, 0) is 55.2 Å². The molecule has 3 rings (SSSR count). The van der Waals surface area contributed by atoms with Crippen LogP contribution in [0.1, 0.15) is 37.7 Å². The van der Waals surface area contributed by atoms with Crippen molar-refractivity contribution in [2.75, 3.05) is 5.32 Å². The number of rotatable bonds is 3. The number of anilines is 1. The van der Waals surface area contributed by atoms with Gasteiger partial charge in [0.05, 0.1) is 10.6 Å². The van der Waals surface area contributed by atoms with E-state index in [1.807, 2.05) is 0 Å². The highest BCUT2D eigenvalue weighted by atomic mass is 35.5. The molecular weight excluding hydrogens is 315 g/mol. The van der Waals surface area contributed by atoms with E-state index in [4.69, 9.17) is 11.6 Å². The quantitative estimate of drug-likeness (QED) is 0.818. The highest BCUT2D eigenvalue weighted by Gasteiger charge is 2.40. The lowest BCUT2D eigenvalue weighted by atomic mass is 9.86. The van der Waals surface area contributed by atoms with Gasteiger partial charge in [0, 0.05) is 12.1 Å². The number of halogens is 4. The zero-order chi connectivity index (χ0) is 15.9. The van der Waals surface area contributed by atoms with Gasteiger partial charge in [0.25, 0.3) is 0 Å². The van der Waals surface area contributed by atoms with Crippen LogP contribution >= 0.6 is 11.6 Å². The van der Waals surface area contributed by atoms with Gasteiger partial charge in [-0.15, -0.1) is 0 Å². The third-order valence-corrected chi connectivity index (χ3v) is 5.22. The molecule has 0 saturated heterocycles. The molecule has 1 N–H and O–H groups in total. The first kappa shape index (κ1) is 15.7. The number of fused-ring (bicyclic) bond motifs is 2. The number of hydrogen-bond donors (Lipinski definition) is 1. The molecule has 0 aromatic heterocycles. The normalized spacial score (nSPS) is 27.2. The van der Waals surface area contributed by atoms with Gasteiger partial charge in [0.2, 0.25) is 5.91 Å². The van der Waals surface area contributed by atoms with Crippen LogP contribution in [0.4, 0.5) is 18.9 Å². The molecule has 0 spiro atoms. The number of nitrogens with one attached hydrogen (secondary N) is 1. The smallest absolute Gasteiger partial charge is 0.326 e. The maximum Gasteiger partial charge on any atom is 0.417 e. The number of hydrogen-bond acceptors (Lipinski definition) is 1. The minimum absolute atomic E-state index is 0.143. The van der Waals surface area contributed by atoms with E-state index in [9.17, 15) is 18.0 Å². The summed E-state index contributed by atoms with van der Waals surface area (Å²) in [5.74, 6) is 1.53. The molecule has 2 aliphatic rings. The van der Waals surface area contributed by atoms with Crippen LogP contribution in [0.15, 0.2) is 18.2 Å². The van der Waals surface area contributed by atoms with Crippen LogP contribution in [-0.4, -0.2) is 5.91 Å². The van der Waals surface area contributed by atoms with Crippen LogP contribution in [0.25, 0.3) is 0 Å². The van der Waals surface area contributed by atoms with Gasteiger partial charge in [0.1, 0.15) is 0 Å². The summed E-state index contributed by atoms with van der Waals surface area (Å²) in [5, 5.41) is 2.21. The monoisotopic (exact) mass is 331 g/mol. The molecule has 3 atom stereocenters. The summed E-state index contributed by atoms with van der Waals surface area (Å²) in [6, 6.07) is 3.45. The Labute approximate surface area is 132 Å². The van der Waals surface area contributed by atoms with Crippen molar-refractivity contribution in [2.24, 2.45) is 17.8 Å². The van der Waals surface area contributed by atoms with Gasteiger partial charge in [-0.25, -0.2) is 0 Å². The van der Waals surface area contributed by atoms with Crippen molar-refractivity contribution in [1.82, 2.24) is 0 Å². The first-order chi connectivity index (χ1) is 10.3. The molecule has 2 fully saturated rings. The molecule has 1 aromatic rings. The van der Waals surface area contributed by atoms with E-state index >= 15 is 0 Å². The highest BCUT2D eigenvalue weighted by molar-refractivity contribution is 6.31. The minimum atomic E-state index is -4.53. The van der Waals surface area contributed by atoms with Crippen LogP contribution in [0.5, 0.6) is 0 Å². The zero-order valence-corrected chi connectivity index (χ0v) is 12.7. The van der Waals surface area contributed by atoms with Crippen LogP contribution < -0.4 is 5.32 Å². The van der Waals surface area contributed by atoms with E-state index in [2.05, 4.69) is 5.32 Å². The van der Waals surface area contributed by atoms with Crippen LogP contribution in [-0.2, 0) is 11.0 Å². The van der Waals surface area contributed by atoms with E-state index in [1.54, 1.807) is 0 Å². The van der Waals surface area contributed by atoms with Crippen LogP contribution in [0.3, 0.4) is 0 Å². The molecule has 2 aliphatic carbocycles. The fourth-order valence-electron chi connectivity index (χ4n) is 3.90. The second kappa shape index (κ2) is 5.76. The SMILES string of the molecule is O=C(C[C@H]1C[C@H]2CC[C@@H]1C2)Nc1ccc(Cl)c(C(F)(F)F)c1. The van der Waals surface area contributed by atoms with Crippen molar-refractivity contribution in [3.05, 3.63) is 28.8 Å². The average Bonchev–Trinajstić information content (AvgIpc) is 3.02. The van der Waals surface area contributed by atoms with Crippen molar-refractivity contribution >= 4 is 23.2 Å². The van der Waals surface area contributed by atoms with E-state index in [1.165, 1.54) is 25.3 Å². The zero-order valence-electron chi connectivity index (χ0n) is 11.9. The maximum absolute atomic E-state index is 12.8. The molecule has 2 nitrogen and oxygen atoms in total. The van der Waals surface area contributed by atoms with E-state index < -0.39 is 11.7 Å². The Morgan fingerprint density at radius 3 is 2.64 bits per heavy atom. The van der Waals surface area contributed by atoms with Crippen molar-refractivity contribution < 1.29 is 18.0 Å². The summed E-state index contributed by atoms with van der Waals surface area (Å²) in [4.78, 5) is 12.1. The van der Waals surface area contributed by atoms with E-state index in [0.29, 0.717) is 18.3 Å². The molecular formula is C16H17ClF3NO. The number of amides is 1. The predicted molar refractivity (Wildman–Crippen MR) is 78.6 cm³/mol. The van der Waals surface area contributed by atoms with Crippen molar-refractivity contribution in [2.45, 2.75) is 38.3 Å². The fraction of sp³-hybridized carbons (Fsp3) is 0.562. The molecule has 2 bridgehead atoms. The third-order valence-electron chi connectivity index (χ3n) is 4.89. The van der Waals surface area contributed by atoms with Crippen molar-refractivity contribution in [1.29, 1.82) is 0 Å². The summed E-state index contributed by atoms with van der Waals surface area (Å²) < 4.78 is 38.4. The Kier molecular flexibility index (Phi) is 4.10. The van der Waals surface area contributed by atoms with Gasteiger partial charge < -0.3 is 5.32 Å². The highest BCUT2D eigenvalue weighted by Crippen LogP contribution is 2.49. The fourth-order valence-corrected chi connectivity index (χ4v) is 4.12. The largest absolute Gasteiger partial charge is 0.417 e. The second-order valence-corrected chi connectivity index (χ2v) is 6.79. The molecule has 0 radical (unpaired) electrons. The number of carbonyl (C=O) groups is 1. The number of benzene rings is 1. The van der Waals surface area contributed by atoms with E-state index in [-0.39, 0.29) is 16.6 Å². The summed E-state index contributed by atoms with van der Waals surface area (Å²) in [7, 11) is 0. The first-order valence-electron chi connectivity index (χ1n) is 7.49. The minimum Gasteiger partial charge on any atom is -0.326 e. The lowest BCUT2D eigenvalue weighted by Crippen LogP contribution is -2.20. The molecule has 0 unspecified atom stereocenters. The Hall–Kier alpha value is -1.23. The molecule has 1 amide bonds. The Morgan fingerprint density at radius 2 is 2.05 bits per heavy atom. The Balaban J connectivity index is 1.64. The molecule has 2 saturated carbocycles. The average molecular weight is 332 g/mol. The molecule has 120 valence electrons. The van der Waals surface area contributed by atoms with Crippen LogP contribution in [0, 0.1) is 17.8 Å². The first-order valence-corrected chi connectivity index (χ1v) is 7.87. The molecule has 22 heavy (non-hydrogen) atoms. The molecule has 0 heterocycles. The van der Waals surface area contributed by atoms with Gasteiger partial charge in [0.15, 0.2) is 0 Å². The topological polar surface area (TPSA) is 29.1 Å². The Bertz CT molecular complexity index is 587. The molecule has 6 heteroatoms. The van der Waals surface area contributed by atoms with Gasteiger partial charge in [-0.1, -0.05) is 18.0 Å². The third kappa shape index (κ3) is 3.24. The standard InChI is InChI=1S/C16H17ClF3NO/c17-14-4-3-12(8-13(14)16(18,19)20)21-15(22)7-11-6-9-1-2-10(11)5-9/h3-4,8-11H,1-2,5-7H2,(H,21,22)/t9-,10+,11+/m0/s1. The number of carbonyl (C=O) groups excluding carboxylic acids is 1. The summed E-state index contributed by atoms with van der Waals surface area (Å²) in [6.45, 7) is 0. The summed E-state index contributed by atoms with van der Waals surface area (Å²) in [5.41, 5.74) is -0.781. The maximum atomic E-state index is 12.8. The van der Waals surface area contributed by atoms with Crippen molar-refractivity contribution in [3.8, 4) is 0 Å². The lowest BCUT2D eigenvalue weighted by molar-refractivity contribution is -0.137. The van der Waals surface area contributed by atoms with Gasteiger partial charge >= 0.3 is 6.18 Å². The number of alkyl halides is 3. The van der Waals surface area contributed by atoms with Crippen LogP contribution in [0.2, 0.25) is 5.02 Å². The molecule has 1 aromatic carbocycles. The molecule has 0 aliphatic heterocycles. The summed E-state index contributed by atoms with van der Waals surface area (Å²) >= 11 is 5.56. The van der Waals surface area contributed by atoms with Gasteiger partial charge in [-0.3, -0.25) is 4.79 Å². The van der Waals surface area contributed by atoms with Crippen molar-refractivity contribution in [3.63, 3.8) is 0 Å². The summed E-state index contributed by atoms with van der Waals surface area (Å²) in [6.07, 6.45) is 0.591. The van der Waals surface area contributed by atoms with E-state index in [0.717, 1.165) is 24.5 Å². The Morgan fingerprint density at radius 1 is 1.27 bits per heavy atom. The lowest BCUT2D eigenvalue weighted by Gasteiger charge is -2.21.